The minimum atomic E-state index is -0.272. The zero-order valence-corrected chi connectivity index (χ0v) is 18.2. The molecule has 4 nitrogen and oxygen atoms in total. The number of hydrogen-bond acceptors (Lipinski definition) is 4. The molecule has 0 spiro atoms. The molecule has 0 saturated heterocycles. The van der Waals surface area contributed by atoms with Crippen molar-refractivity contribution < 1.29 is 9.18 Å². The van der Waals surface area contributed by atoms with E-state index < -0.39 is 0 Å². The summed E-state index contributed by atoms with van der Waals surface area (Å²) in [6.45, 7) is 4.00. The molecule has 1 N–H and O–H groups in total. The Bertz CT molecular complexity index is 1240. The van der Waals surface area contributed by atoms with Crippen LogP contribution in [0.3, 0.4) is 0 Å². The molecule has 0 fully saturated rings. The fourth-order valence-electron chi connectivity index (χ4n) is 3.32. The van der Waals surface area contributed by atoms with Crippen LogP contribution >= 0.6 is 11.8 Å². The molecule has 4 aromatic rings. The molecule has 31 heavy (non-hydrogen) atoms. The number of amides is 1. The summed E-state index contributed by atoms with van der Waals surface area (Å²) in [6.07, 6.45) is 0.513. The van der Waals surface area contributed by atoms with E-state index >= 15 is 0 Å². The Labute approximate surface area is 184 Å². The van der Waals surface area contributed by atoms with Gasteiger partial charge in [-0.1, -0.05) is 53.7 Å². The Morgan fingerprint density at radius 3 is 2.39 bits per heavy atom. The first kappa shape index (κ1) is 21.0. The summed E-state index contributed by atoms with van der Waals surface area (Å²) in [5, 5.41) is 3.68. The van der Waals surface area contributed by atoms with Gasteiger partial charge in [0.2, 0.25) is 5.91 Å². The fraction of sp³-hybridized carbons (Fsp3) is 0.160. The fourth-order valence-corrected chi connectivity index (χ4v) is 4.11. The van der Waals surface area contributed by atoms with Crippen LogP contribution < -0.4 is 5.32 Å². The topological polar surface area (TPSA) is 54.9 Å². The number of fused-ring (bicyclic) bond motifs is 1. The largest absolute Gasteiger partial charge is 0.325 e. The molecule has 0 atom stereocenters. The van der Waals surface area contributed by atoms with Crippen molar-refractivity contribution >= 4 is 34.4 Å². The van der Waals surface area contributed by atoms with Crippen LogP contribution in [0.5, 0.6) is 0 Å². The number of thioether (sulfide) groups is 1. The Morgan fingerprint density at radius 2 is 1.68 bits per heavy atom. The number of carbonyl (C=O) groups is 1. The van der Waals surface area contributed by atoms with Gasteiger partial charge in [0.15, 0.2) is 0 Å². The van der Waals surface area contributed by atoms with Gasteiger partial charge in [-0.2, -0.15) is 0 Å². The lowest BCUT2D eigenvalue weighted by Gasteiger charge is -2.11. The predicted octanol–water partition coefficient (Wildman–Crippen LogP) is 5.71. The predicted molar refractivity (Wildman–Crippen MR) is 124 cm³/mol. The molecule has 0 radical (unpaired) electrons. The Morgan fingerprint density at radius 1 is 0.968 bits per heavy atom. The van der Waals surface area contributed by atoms with E-state index in [2.05, 4.69) is 5.32 Å². The molecule has 1 aromatic heterocycles. The van der Waals surface area contributed by atoms with E-state index in [9.17, 15) is 9.18 Å². The third kappa shape index (κ3) is 5.27. The van der Waals surface area contributed by atoms with Gasteiger partial charge in [0.25, 0.3) is 0 Å². The average Bonchev–Trinajstić information content (AvgIpc) is 2.76. The number of para-hydroxylation sites is 2. The normalized spacial score (nSPS) is 10.9. The minimum absolute atomic E-state index is 0.0976. The second kappa shape index (κ2) is 9.27. The molecule has 0 aliphatic rings. The second-order valence-electron chi connectivity index (χ2n) is 7.42. The molecule has 4 rings (SSSR count). The molecule has 0 saturated carbocycles. The standard InChI is InChI=1S/C25H22FN3OS/c1-16-7-12-20(17(2)13-16)28-24(30)15-31-25-23(14-18-8-10-19(26)11-9-18)27-21-5-3-4-6-22(21)29-25/h3-13H,14-15H2,1-2H3,(H,28,30). The van der Waals surface area contributed by atoms with Crippen LogP contribution in [0.4, 0.5) is 10.1 Å². The maximum absolute atomic E-state index is 13.3. The summed E-state index contributed by atoms with van der Waals surface area (Å²) >= 11 is 1.36. The van der Waals surface area contributed by atoms with Gasteiger partial charge in [-0.05, 0) is 55.3 Å². The first-order chi connectivity index (χ1) is 15.0. The van der Waals surface area contributed by atoms with E-state index in [-0.39, 0.29) is 17.5 Å². The summed E-state index contributed by atoms with van der Waals surface area (Å²) in [6, 6.07) is 20.0. The van der Waals surface area contributed by atoms with Gasteiger partial charge in [-0.25, -0.2) is 14.4 Å². The van der Waals surface area contributed by atoms with Crippen molar-refractivity contribution in [1.82, 2.24) is 9.97 Å². The van der Waals surface area contributed by atoms with Gasteiger partial charge in [0.05, 0.1) is 22.5 Å². The van der Waals surface area contributed by atoms with Crippen molar-refractivity contribution in [2.75, 3.05) is 11.1 Å². The molecule has 0 aliphatic carbocycles. The van der Waals surface area contributed by atoms with E-state index in [4.69, 9.17) is 9.97 Å². The molecule has 1 amide bonds. The molecular formula is C25H22FN3OS. The van der Waals surface area contributed by atoms with E-state index in [1.807, 2.05) is 56.3 Å². The summed E-state index contributed by atoms with van der Waals surface area (Å²) < 4.78 is 13.3. The number of hydrogen-bond donors (Lipinski definition) is 1. The van der Waals surface area contributed by atoms with Crippen LogP contribution in [0.2, 0.25) is 0 Å². The molecule has 0 unspecified atom stereocenters. The van der Waals surface area contributed by atoms with Crippen LogP contribution in [0.15, 0.2) is 71.8 Å². The van der Waals surface area contributed by atoms with Gasteiger partial charge >= 0.3 is 0 Å². The number of benzene rings is 3. The lowest BCUT2D eigenvalue weighted by atomic mass is 10.1. The molecule has 0 aliphatic heterocycles. The lowest BCUT2D eigenvalue weighted by Crippen LogP contribution is -2.15. The summed E-state index contributed by atoms with van der Waals surface area (Å²) in [5.74, 6) is -0.151. The minimum Gasteiger partial charge on any atom is -0.325 e. The van der Waals surface area contributed by atoms with Crippen LogP contribution in [0.1, 0.15) is 22.4 Å². The average molecular weight is 432 g/mol. The number of halogens is 1. The van der Waals surface area contributed by atoms with Gasteiger partial charge in [0.1, 0.15) is 10.8 Å². The second-order valence-corrected chi connectivity index (χ2v) is 8.39. The van der Waals surface area contributed by atoms with Gasteiger partial charge in [-0.15, -0.1) is 0 Å². The SMILES string of the molecule is Cc1ccc(NC(=O)CSc2nc3ccccc3nc2Cc2ccc(F)cc2)c(C)c1. The molecule has 0 bridgehead atoms. The van der Waals surface area contributed by atoms with E-state index in [1.165, 1.54) is 23.9 Å². The molecule has 6 heteroatoms. The number of nitrogens with one attached hydrogen (secondary N) is 1. The number of carbonyl (C=O) groups excluding carboxylic acids is 1. The quantitative estimate of drug-likeness (QED) is 0.398. The number of aryl methyl sites for hydroxylation is 2. The Hall–Kier alpha value is -3.25. The Balaban J connectivity index is 1.55. The number of anilines is 1. The van der Waals surface area contributed by atoms with Gasteiger partial charge in [0, 0.05) is 12.1 Å². The molecular weight excluding hydrogens is 409 g/mol. The highest BCUT2D eigenvalue weighted by atomic mass is 32.2. The maximum atomic E-state index is 13.3. The zero-order chi connectivity index (χ0) is 21.8. The van der Waals surface area contributed by atoms with Crippen molar-refractivity contribution in [3.05, 3.63) is 94.9 Å². The first-order valence-electron chi connectivity index (χ1n) is 9.98. The molecule has 1 heterocycles. The third-order valence-electron chi connectivity index (χ3n) is 4.89. The Kier molecular flexibility index (Phi) is 6.28. The van der Waals surface area contributed by atoms with E-state index in [0.717, 1.165) is 39.1 Å². The first-order valence-corrected chi connectivity index (χ1v) is 11.0. The zero-order valence-electron chi connectivity index (χ0n) is 17.4. The van der Waals surface area contributed by atoms with Crippen molar-refractivity contribution in [3.8, 4) is 0 Å². The van der Waals surface area contributed by atoms with E-state index in [0.29, 0.717) is 11.4 Å². The van der Waals surface area contributed by atoms with Gasteiger partial charge < -0.3 is 5.32 Å². The maximum Gasteiger partial charge on any atom is 0.234 e. The monoisotopic (exact) mass is 431 g/mol. The highest BCUT2D eigenvalue weighted by Crippen LogP contribution is 2.25. The highest BCUT2D eigenvalue weighted by molar-refractivity contribution is 8.00. The van der Waals surface area contributed by atoms with Gasteiger partial charge in [-0.3, -0.25) is 4.79 Å². The van der Waals surface area contributed by atoms with Crippen molar-refractivity contribution in [2.45, 2.75) is 25.3 Å². The lowest BCUT2D eigenvalue weighted by molar-refractivity contribution is -0.113. The summed E-state index contributed by atoms with van der Waals surface area (Å²) in [5.41, 5.74) is 6.28. The van der Waals surface area contributed by atoms with Crippen LogP contribution in [0, 0.1) is 19.7 Å². The smallest absolute Gasteiger partial charge is 0.234 e. The highest BCUT2D eigenvalue weighted by Gasteiger charge is 2.13. The summed E-state index contributed by atoms with van der Waals surface area (Å²) in [7, 11) is 0. The van der Waals surface area contributed by atoms with Crippen LogP contribution in [-0.4, -0.2) is 21.6 Å². The van der Waals surface area contributed by atoms with E-state index in [1.54, 1.807) is 12.1 Å². The molecule has 3 aromatic carbocycles. The van der Waals surface area contributed by atoms with Crippen molar-refractivity contribution in [1.29, 1.82) is 0 Å². The van der Waals surface area contributed by atoms with Crippen molar-refractivity contribution in [2.24, 2.45) is 0 Å². The van der Waals surface area contributed by atoms with Crippen LogP contribution in [0.25, 0.3) is 11.0 Å². The third-order valence-corrected chi connectivity index (χ3v) is 5.89. The number of rotatable bonds is 6. The molecule has 156 valence electrons. The number of aromatic nitrogens is 2. The summed E-state index contributed by atoms with van der Waals surface area (Å²) in [4.78, 5) is 22.1. The number of nitrogens with zero attached hydrogens (tertiary/aromatic N) is 2. The van der Waals surface area contributed by atoms with Crippen molar-refractivity contribution in [3.63, 3.8) is 0 Å². The van der Waals surface area contributed by atoms with Crippen LogP contribution in [-0.2, 0) is 11.2 Å².